The van der Waals surface area contributed by atoms with Crippen LogP contribution in [0.25, 0.3) is 10.2 Å². The van der Waals surface area contributed by atoms with Crippen molar-refractivity contribution in [1.82, 2.24) is 15.2 Å². The molecule has 0 saturated carbocycles. The summed E-state index contributed by atoms with van der Waals surface area (Å²) in [4.78, 5) is 30.3. The molecule has 3 rings (SSSR count). The lowest BCUT2D eigenvalue weighted by molar-refractivity contribution is -0.274. The minimum absolute atomic E-state index is 0.146. The lowest BCUT2D eigenvalue weighted by Crippen LogP contribution is -2.46. The smallest absolute Gasteiger partial charge is 0.406 e. The Morgan fingerprint density at radius 1 is 1.41 bits per heavy atom. The van der Waals surface area contributed by atoms with Crippen molar-refractivity contribution in [2.24, 2.45) is 0 Å². The van der Waals surface area contributed by atoms with Crippen molar-refractivity contribution < 1.29 is 27.5 Å². The molecule has 0 radical (unpaired) electrons. The number of fused-ring (bicyclic) bond motifs is 1. The second kappa shape index (κ2) is 7.69. The number of alkyl halides is 3. The first-order valence-electron chi connectivity index (χ1n) is 8.18. The van der Waals surface area contributed by atoms with Gasteiger partial charge in [-0.3, -0.25) is 9.59 Å². The van der Waals surface area contributed by atoms with Gasteiger partial charge in [0, 0.05) is 12.6 Å². The van der Waals surface area contributed by atoms with E-state index in [4.69, 9.17) is 0 Å². The van der Waals surface area contributed by atoms with Gasteiger partial charge in [0.2, 0.25) is 11.8 Å². The summed E-state index contributed by atoms with van der Waals surface area (Å²) in [6, 6.07) is 3.19. The first kappa shape index (κ1) is 19.4. The molecule has 7 nitrogen and oxygen atoms in total. The Kier molecular flexibility index (Phi) is 5.51. The number of nitrogens with zero attached hydrogens (tertiary/aromatic N) is 2. The normalized spacial score (nSPS) is 17.3. The van der Waals surface area contributed by atoms with Crippen molar-refractivity contribution in [3.63, 3.8) is 0 Å². The Morgan fingerprint density at radius 2 is 2.19 bits per heavy atom. The molecular weight excluding hydrogens is 385 g/mol. The number of rotatable bonds is 5. The number of carbonyl (C=O) groups is 2. The van der Waals surface area contributed by atoms with E-state index in [2.05, 4.69) is 20.4 Å². The average Bonchev–Trinajstić information content (AvgIpc) is 3.19. The van der Waals surface area contributed by atoms with Gasteiger partial charge in [-0.25, -0.2) is 4.98 Å². The number of carbonyl (C=O) groups excluding carboxylic acids is 2. The molecule has 0 aliphatic carbocycles. The number of thiazole rings is 1. The van der Waals surface area contributed by atoms with Crippen LogP contribution in [0.1, 0.15) is 12.8 Å². The number of likely N-dealkylation sites (N-methyl/N-ethyl adjacent to an activating group) is 1. The SMILES string of the molecule is CNCC(=O)N1CCC[C@H]1C(=O)Nc1nc2ccc(OC(F)(F)F)cc2s1. The first-order chi connectivity index (χ1) is 12.8. The third-order valence-electron chi connectivity index (χ3n) is 4.03. The number of aromatic nitrogens is 1. The number of nitrogens with one attached hydrogen (secondary N) is 2. The summed E-state index contributed by atoms with van der Waals surface area (Å²) in [6.07, 6.45) is -3.50. The molecule has 1 saturated heterocycles. The second-order valence-corrected chi connectivity index (χ2v) is 6.99. The van der Waals surface area contributed by atoms with Gasteiger partial charge in [0.1, 0.15) is 11.8 Å². The molecule has 1 aliphatic rings. The molecule has 1 aromatic heterocycles. The largest absolute Gasteiger partial charge is 0.573 e. The lowest BCUT2D eigenvalue weighted by atomic mass is 10.2. The fourth-order valence-electron chi connectivity index (χ4n) is 2.93. The van der Waals surface area contributed by atoms with Crippen LogP contribution in [0.5, 0.6) is 5.75 Å². The molecule has 2 aromatic rings. The number of hydrogen-bond acceptors (Lipinski definition) is 6. The van der Waals surface area contributed by atoms with E-state index in [1.54, 1.807) is 7.05 Å². The molecule has 1 atom stereocenters. The fourth-order valence-corrected chi connectivity index (χ4v) is 3.83. The van der Waals surface area contributed by atoms with Crippen LogP contribution in [0, 0.1) is 0 Å². The van der Waals surface area contributed by atoms with Gasteiger partial charge in [-0.05, 0) is 32.0 Å². The Hall–Kier alpha value is -2.40. The van der Waals surface area contributed by atoms with Crippen molar-refractivity contribution in [2.45, 2.75) is 25.2 Å². The van der Waals surface area contributed by atoms with Crippen LogP contribution in [-0.4, -0.2) is 54.2 Å². The maximum Gasteiger partial charge on any atom is 0.573 e. The van der Waals surface area contributed by atoms with Crippen LogP contribution >= 0.6 is 11.3 Å². The highest BCUT2D eigenvalue weighted by Gasteiger charge is 2.34. The number of likely N-dealkylation sites (tertiary alicyclic amines) is 1. The quantitative estimate of drug-likeness (QED) is 0.802. The summed E-state index contributed by atoms with van der Waals surface area (Å²) in [5.74, 6) is -0.868. The first-order valence-corrected chi connectivity index (χ1v) is 9.00. The zero-order valence-electron chi connectivity index (χ0n) is 14.3. The topological polar surface area (TPSA) is 83.6 Å². The van der Waals surface area contributed by atoms with E-state index in [0.29, 0.717) is 23.2 Å². The predicted molar refractivity (Wildman–Crippen MR) is 93.6 cm³/mol. The Bertz CT molecular complexity index is 855. The Balaban J connectivity index is 1.72. The van der Waals surface area contributed by atoms with Crippen LogP contribution < -0.4 is 15.4 Å². The molecule has 0 unspecified atom stereocenters. The van der Waals surface area contributed by atoms with E-state index < -0.39 is 12.4 Å². The van der Waals surface area contributed by atoms with Crippen molar-refractivity contribution in [1.29, 1.82) is 0 Å². The standard InChI is InChI=1S/C16H17F3N4O3S/c1-20-8-13(24)23-6-2-3-11(23)14(25)22-15-21-10-5-4-9(7-12(10)27-15)26-16(17,18)19/h4-5,7,11,20H,2-3,6,8H2,1H3,(H,21,22,25)/t11-/m0/s1. The van der Waals surface area contributed by atoms with Gasteiger partial charge in [0.25, 0.3) is 0 Å². The van der Waals surface area contributed by atoms with Crippen LogP contribution in [0.3, 0.4) is 0 Å². The minimum Gasteiger partial charge on any atom is -0.406 e. The molecule has 1 aliphatic heterocycles. The van der Waals surface area contributed by atoms with Crippen molar-refractivity contribution in [2.75, 3.05) is 25.5 Å². The molecule has 0 spiro atoms. The molecule has 146 valence electrons. The van der Waals surface area contributed by atoms with Gasteiger partial charge < -0.3 is 20.3 Å². The second-order valence-electron chi connectivity index (χ2n) is 5.96. The summed E-state index contributed by atoms with van der Waals surface area (Å²) in [5, 5.41) is 5.68. The summed E-state index contributed by atoms with van der Waals surface area (Å²) in [5.41, 5.74) is 0.444. The number of halogens is 3. The molecule has 0 bridgehead atoms. The van der Waals surface area contributed by atoms with Crippen molar-refractivity contribution in [3.05, 3.63) is 18.2 Å². The van der Waals surface area contributed by atoms with Gasteiger partial charge >= 0.3 is 6.36 Å². The minimum atomic E-state index is -4.78. The van der Waals surface area contributed by atoms with E-state index in [1.807, 2.05) is 0 Å². The third-order valence-corrected chi connectivity index (χ3v) is 4.96. The number of anilines is 1. The summed E-state index contributed by atoms with van der Waals surface area (Å²) < 4.78 is 41.3. The van der Waals surface area contributed by atoms with E-state index in [0.717, 1.165) is 23.8 Å². The van der Waals surface area contributed by atoms with Crippen LogP contribution in [0.4, 0.5) is 18.3 Å². The molecule has 1 aromatic carbocycles. The molecule has 11 heteroatoms. The zero-order valence-corrected chi connectivity index (χ0v) is 15.1. The van der Waals surface area contributed by atoms with Crippen molar-refractivity contribution in [3.8, 4) is 5.75 Å². The monoisotopic (exact) mass is 402 g/mol. The summed E-state index contributed by atoms with van der Waals surface area (Å²) in [7, 11) is 1.65. The van der Waals surface area contributed by atoms with Gasteiger partial charge in [-0.2, -0.15) is 0 Å². The maximum absolute atomic E-state index is 12.5. The molecule has 1 fully saturated rings. The van der Waals surface area contributed by atoms with Crippen LogP contribution in [0.15, 0.2) is 18.2 Å². The van der Waals surface area contributed by atoms with Gasteiger partial charge in [0.15, 0.2) is 5.13 Å². The Morgan fingerprint density at radius 3 is 2.89 bits per heavy atom. The van der Waals surface area contributed by atoms with Gasteiger partial charge in [0.05, 0.1) is 16.8 Å². The average molecular weight is 402 g/mol. The highest BCUT2D eigenvalue weighted by molar-refractivity contribution is 7.22. The lowest BCUT2D eigenvalue weighted by Gasteiger charge is -2.23. The number of benzene rings is 1. The van der Waals surface area contributed by atoms with Gasteiger partial charge in [-0.1, -0.05) is 11.3 Å². The third kappa shape index (κ3) is 4.66. The maximum atomic E-state index is 12.5. The summed E-state index contributed by atoms with van der Waals surface area (Å²) >= 11 is 1.04. The Labute approximate surface area is 156 Å². The van der Waals surface area contributed by atoms with Crippen LogP contribution in [0.2, 0.25) is 0 Å². The number of hydrogen-bond donors (Lipinski definition) is 2. The molecule has 27 heavy (non-hydrogen) atoms. The molecule has 2 heterocycles. The van der Waals surface area contributed by atoms with E-state index in [9.17, 15) is 22.8 Å². The molecule has 2 N–H and O–H groups in total. The van der Waals surface area contributed by atoms with E-state index >= 15 is 0 Å². The van der Waals surface area contributed by atoms with E-state index in [-0.39, 0.29) is 29.2 Å². The fraction of sp³-hybridized carbons (Fsp3) is 0.438. The van der Waals surface area contributed by atoms with Crippen molar-refractivity contribution >= 4 is 38.5 Å². The van der Waals surface area contributed by atoms with E-state index in [1.165, 1.54) is 17.0 Å². The molecule has 2 amide bonds. The molecular formula is C16H17F3N4O3S. The highest BCUT2D eigenvalue weighted by atomic mass is 32.1. The predicted octanol–water partition coefficient (Wildman–Crippen LogP) is 2.34. The van der Waals surface area contributed by atoms with Gasteiger partial charge in [-0.15, -0.1) is 13.2 Å². The number of amides is 2. The number of ether oxygens (including phenoxy) is 1. The van der Waals surface area contributed by atoms with Crippen LogP contribution in [-0.2, 0) is 9.59 Å². The summed E-state index contributed by atoms with van der Waals surface area (Å²) in [6.45, 7) is 0.656. The zero-order chi connectivity index (χ0) is 19.6. The highest BCUT2D eigenvalue weighted by Crippen LogP contribution is 2.32.